The molecule has 2 N–H and O–H groups in total. The zero-order chi connectivity index (χ0) is 11.1. The molecule has 0 fully saturated rings. The molecule has 92 valence electrons. The number of benzene rings is 1. The minimum Gasteiger partial charge on any atom is -0.497 e. The molecule has 4 heteroatoms. The van der Waals surface area contributed by atoms with Crippen molar-refractivity contribution in [2.45, 2.75) is 18.6 Å². The summed E-state index contributed by atoms with van der Waals surface area (Å²) >= 11 is 1.92. The van der Waals surface area contributed by atoms with Gasteiger partial charge in [-0.1, -0.05) is 19.1 Å². The predicted octanol–water partition coefficient (Wildman–Crippen LogP) is 3.26. The molecule has 0 aliphatic heterocycles. The largest absolute Gasteiger partial charge is 0.497 e. The standard InChI is InChI=1S/C12H19NOS.ClH/c1-3-8-15-12(9-13)10-4-6-11(14-2)7-5-10;/h4-7,12H,3,8-9,13H2,1-2H3;1H. The first kappa shape index (κ1) is 15.6. The van der Waals surface area contributed by atoms with E-state index in [1.807, 2.05) is 23.9 Å². The second-order valence-corrected chi connectivity index (χ2v) is 4.68. The van der Waals surface area contributed by atoms with Crippen LogP contribution in [0.5, 0.6) is 5.75 Å². The lowest BCUT2D eigenvalue weighted by Gasteiger charge is -2.14. The fourth-order valence-corrected chi connectivity index (χ4v) is 2.38. The Hall–Kier alpha value is -0.380. The van der Waals surface area contributed by atoms with E-state index in [0.717, 1.165) is 11.5 Å². The molecular weight excluding hydrogens is 242 g/mol. The zero-order valence-electron chi connectivity index (χ0n) is 9.81. The van der Waals surface area contributed by atoms with Gasteiger partial charge in [0.1, 0.15) is 5.75 Å². The summed E-state index contributed by atoms with van der Waals surface area (Å²) in [5.74, 6) is 2.06. The van der Waals surface area contributed by atoms with Crippen molar-refractivity contribution in [1.29, 1.82) is 0 Å². The first-order valence-corrected chi connectivity index (χ1v) is 6.32. The van der Waals surface area contributed by atoms with Crippen LogP contribution in [0.1, 0.15) is 24.2 Å². The topological polar surface area (TPSA) is 35.2 Å². The Morgan fingerprint density at radius 1 is 1.31 bits per heavy atom. The maximum Gasteiger partial charge on any atom is 0.118 e. The molecule has 1 rings (SSSR count). The van der Waals surface area contributed by atoms with E-state index in [0.29, 0.717) is 11.8 Å². The first-order chi connectivity index (χ1) is 7.31. The second-order valence-electron chi connectivity index (χ2n) is 3.37. The van der Waals surface area contributed by atoms with E-state index >= 15 is 0 Å². The van der Waals surface area contributed by atoms with Gasteiger partial charge in [-0.05, 0) is 29.9 Å². The Labute approximate surface area is 108 Å². The summed E-state index contributed by atoms with van der Waals surface area (Å²) in [5, 5.41) is 0.413. The van der Waals surface area contributed by atoms with Crippen molar-refractivity contribution in [3.05, 3.63) is 29.8 Å². The van der Waals surface area contributed by atoms with Crippen LogP contribution in [-0.2, 0) is 0 Å². The Bertz CT molecular complexity index is 279. The molecule has 0 aromatic heterocycles. The van der Waals surface area contributed by atoms with E-state index in [1.54, 1.807) is 7.11 Å². The Morgan fingerprint density at radius 2 is 1.94 bits per heavy atom. The van der Waals surface area contributed by atoms with Crippen molar-refractivity contribution < 1.29 is 4.74 Å². The van der Waals surface area contributed by atoms with Crippen molar-refractivity contribution in [2.75, 3.05) is 19.4 Å². The summed E-state index contributed by atoms with van der Waals surface area (Å²) < 4.78 is 5.13. The normalized spacial score (nSPS) is 11.7. The third-order valence-corrected chi connectivity index (χ3v) is 3.74. The molecule has 16 heavy (non-hydrogen) atoms. The molecule has 0 aliphatic rings. The van der Waals surface area contributed by atoms with Crippen molar-refractivity contribution in [3.63, 3.8) is 0 Å². The van der Waals surface area contributed by atoms with Crippen LogP contribution in [0.4, 0.5) is 0 Å². The van der Waals surface area contributed by atoms with Gasteiger partial charge in [-0.2, -0.15) is 11.8 Å². The lowest BCUT2D eigenvalue weighted by molar-refractivity contribution is 0.414. The zero-order valence-corrected chi connectivity index (χ0v) is 11.4. The maximum absolute atomic E-state index is 5.76. The van der Waals surface area contributed by atoms with Crippen molar-refractivity contribution in [1.82, 2.24) is 0 Å². The molecule has 1 atom stereocenters. The highest BCUT2D eigenvalue weighted by Crippen LogP contribution is 2.29. The fourth-order valence-electron chi connectivity index (χ4n) is 1.38. The molecule has 0 bridgehead atoms. The van der Waals surface area contributed by atoms with Crippen LogP contribution in [0.15, 0.2) is 24.3 Å². The van der Waals surface area contributed by atoms with Crippen molar-refractivity contribution in [2.24, 2.45) is 5.73 Å². The molecule has 1 aromatic carbocycles. The highest BCUT2D eigenvalue weighted by Gasteiger charge is 2.09. The summed E-state index contributed by atoms with van der Waals surface area (Å²) in [4.78, 5) is 0. The van der Waals surface area contributed by atoms with E-state index in [4.69, 9.17) is 10.5 Å². The number of hydrogen-bond donors (Lipinski definition) is 1. The minimum absolute atomic E-state index is 0. The Morgan fingerprint density at radius 3 is 2.38 bits per heavy atom. The van der Waals surface area contributed by atoms with Crippen molar-refractivity contribution >= 4 is 24.2 Å². The van der Waals surface area contributed by atoms with Gasteiger partial charge in [-0.25, -0.2) is 0 Å². The number of ether oxygens (including phenoxy) is 1. The van der Waals surface area contributed by atoms with Crippen LogP contribution in [-0.4, -0.2) is 19.4 Å². The van der Waals surface area contributed by atoms with Crippen LogP contribution in [0.3, 0.4) is 0 Å². The molecule has 0 spiro atoms. The number of hydrogen-bond acceptors (Lipinski definition) is 3. The minimum atomic E-state index is 0. The van der Waals surface area contributed by atoms with Crippen LogP contribution >= 0.6 is 24.2 Å². The first-order valence-electron chi connectivity index (χ1n) is 5.27. The summed E-state index contributed by atoms with van der Waals surface area (Å²) in [7, 11) is 1.68. The van der Waals surface area contributed by atoms with Gasteiger partial charge >= 0.3 is 0 Å². The summed E-state index contributed by atoms with van der Waals surface area (Å²) in [6, 6.07) is 8.17. The molecule has 0 saturated heterocycles. The van der Waals surface area contributed by atoms with E-state index in [2.05, 4.69) is 19.1 Å². The Balaban J connectivity index is 0.00000225. The lowest BCUT2D eigenvalue weighted by Crippen LogP contribution is -2.09. The lowest BCUT2D eigenvalue weighted by atomic mass is 10.1. The average Bonchev–Trinajstić information content (AvgIpc) is 2.31. The molecule has 2 nitrogen and oxygen atoms in total. The molecule has 0 amide bonds. The van der Waals surface area contributed by atoms with Gasteiger partial charge in [0, 0.05) is 11.8 Å². The fraction of sp³-hybridized carbons (Fsp3) is 0.500. The molecule has 0 radical (unpaired) electrons. The molecule has 0 aliphatic carbocycles. The average molecular weight is 262 g/mol. The van der Waals surface area contributed by atoms with Gasteiger partial charge < -0.3 is 10.5 Å². The maximum atomic E-state index is 5.76. The van der Waals surface area contributed by atoms with Gasteiger partial charge in [-0.15, -0.1) is 12.4 Å². The number of halogens is 1. The van der Waals surface area contributed by atoms with Gasteiger partial charge in [0.15, 0.2) is 0 Å². The highest BCUT2D eigenvalue weighted by atomic mass is 35.5. The number of rotatable bonds is 6. The van der Waals surface area contributed by atoms with Gasteiger partial charge in [0.2, 0.25) is 0 Å². The highest BCUT2D eigenvalue weighted by molar-refractivity contribution is 7.99. The molecule has 1 aromatic rings. The molecular formula is C12H20ClNOS. The number of methoxy groups -OCH3 is 1. The van der Waals surface area contributed by atoms with E-state index < -0.39 is 0 Å². The van der Waals surface area contributed by atoms with Crippen LogP contribution < -0.4 is 10.5 Å². The predicted molar refractivity (Wildman–Crippen MR) is 74.8 cm³/mol. The van der Waals surface area contributed by atoms with Gasteiger partial charge in [-0.3, -0.25) is 0 Å². The SMILES string of the molecule is CCCSC(CN)c1ccc(OC)cc1.Cl. The quantitative estimate of drug-likeness (QED) is 0.854. The van der Waals surface area contributed by atoms with Gasteiger partial charge in [0.25, 0.3) is 0 Å². The van der Waals surface area contributed by atoms with Crippen molar-refractivity contribution in [3.8, 4) is 5.75 Å². The molecule has 1 unspecified atom stereocenters. The van der Waals surface area contributed by atoms with E-state index in [-0.39, 0.29) is 12.4 Å². The summed E-state index contributed by atoms with van der Waals surface area (Å²) in [6.45, 7) is 2.88. The third-order valence-electron chi connectivity index (χ3n) is 2.22. The van der Waals surface area contributed by atoms with E-state index in [9.17, 15) is 0 Å². The second kappa shape index (κ2) is 8.74. The molecule has 0 heterocycles. The Kier molecular flexibility index (Phi) is 8.53. The number of thioether (sulfide) groups is 1. The van der Waals surface area contributed by atoms with Crippen LogP contribution in [0.25, 0.3) is 0 Å². The number of nitrogens with two attached hydrogens (primary N) is 1. The molecule has 0 saturated carbocycles. The van der Waals surface area contributed by atoms with Gasteiger partial charge in [0.05, 0.1) is 7.11 Å². The van der Waals surface area contributed by atoms with Crippen LogP contribution in [0, 0.1) is 0 Å². The monoisotopic (exact) mass is 261 g/mol. The summed E-state index contributed by atoms with van der Waals surface area (Å²) in [5.41, 5.74) is 7.05. The smallest absolute Gasteiger partial charge is 0.118 e. The summed E-state index contributed by atoms with van der Waals surface area (Å²) in [6.07, 6.45) is 1.19. The third kappa shape index (κ3) is 4.64. The van der Waals surface area contributed by atoms with E-state index in [1.165, 1.54) is 12.0 Å². The van der Waals surface area contributed by atoms with Crippen LogP contribution in [0.2, 0.25) is 0 Å².